The molecule has 0 unspecified atom stereocenters. The number of amides is 3. The Morgan fingerprint density at radius 2 is 1.48 bits per heavy atom. The third kappa shape index (κ3) is 8.47. The van der Waals surface area contributed by atoms with Crippen LogP contribution in [0.3, 0.4) is 0 Å². The van der Waals surface area contributed by atoms with Crippen LogP contribution in [-0.2, 0) is 35.4 Å². The summed E-state index contributed by atoms with van der Waals surface area (Å²) in [5, 5.41) is 7.92. The molecule has 0 aliphatic carbocycles. The van der Waals surface area contributed by atoms with Gasteiger partial charge in [0.1, 0.15) is 11.8 Å². The number of nitrogens with zero attached hydrogens (tertiary/aromatic N) is 1. The zero-order valence-corrected chi connectivity index (χ0v) is 26.8. The molecule has 0 spiro atoms. The van der Waals surface area contributed by atoms with E-state index in [1.807, 2.05) is 89.6 Å². The second-order valence-corrected chi connectivity index (χ2v) is 11.9. The Kier molecular flexibility index (Phi) is 10.6. The van der Waals surface area contributed by atoms with E-state index in [-0.39, 0.29) is 18.7 Å². The number of ether oxygens (including phenoxy) is 1. The summed E-state index contributed by atoms with van der Waals surface area (Å²) < 4.78 is 7.27. The van der Waals surface area contributed by atoms with Crippen molar-refractivity contribution >= 4 is 51.8 Å². The molecular weight excluding hydrogens is 623 g/mol. The average Bonchev–Trinajstić information content (AvgIpc) is 3.38. The first-order valence-electron chi connectivity index (χ1n) is 14.8. The molecule has 1 aromatic heterocycles. The number of fused-ring (bicyclic) bond motifs is 1. The number of nitrogens with one attached hydrogen (secondary N) is 2. The Bertz CT molecular complexity index is 1840. The molecule has 8 nitrogen and oxygen atoms in total. The molecule has 0 bridgehead atoms. The van der Waals surface area contributed by atoms with Crippen LogP contribution in [0.4, 0.5) is 0 Å². The van der Waals surface area contributed by atoms with Gasteiger partial charge in [-0.25, -0.2) is 0 Å². The summed E-state index contributed by atoms with van der Waals surface area (Å²) in [5.74, 6) is -0.499. The molecule has 3 amide bonds. The monoisotopic (exact) mass is 656 g/mol. The number of hydrogen-bond donors (Lipinski definition) is 3. The van der Waals surface area contributed by atoms with E-state index in [2.05, 4.69) is 10.6 Å². The van der Waals surface area contributed by atoms with Crippen molar-refractivity contribution in [2.45, 2.75) is 31.8 Å². The Labute approximate surface area is 277 Å². The predicted molar refractivity (Wildman–Crippen MR) is 182 cm³/mol. The van der Waals surface area contributed by atoms with E-state index in [9.17, 15) is 14.4 Å². The maximum absolute atomic E-state index is 13.6. The van der Waals surface area contributed by atoms with Crippen LogP contribution < -0.4 is 21.1 Å². The Balaban J connectivity index is 1.37. The molecule has 46 heavy (non-hydrogen) atoms. The SMILES string of the molecule is COc1ccc(C[C@H](NC(=O)c2ccc3c(c2)c(CC(N)=O)cn3Cc2ccc(Cl)cc2)C(=O)NCCc2ccc(Cl)cc2)cc1. The molecule has 0 aliphatic heterocycles. The minimum atomic E-state index is -0.846. The molecule has 236 valence electrons. The number of nitrogens with two attached hydrogens (primary N) is 1. The number of carbonyl (C=O) groups excluding carboxylic acids is 3. The second-order valence-electron chi connectivity index (χ2n) is 11.0. The van der Waals surface area contributed by atoms with Crippen molar-refractivity contribution in [3.8, 4) is 5.75 Å². The molecule has 0 radical (unpaired) electrons. The molecule has 1 heterocycles. The lowest BCUT2D eigenvalue weighted by molar-refractivity contribution is -0.123. The van der Waals surface area contributed by atoms with Crippen LogP contribution >= 0.6 is 23.2 Å². The maximum atomic E-state index is 13.6. The van der Waals surface area contributed by atoms with E-state index in [4.69, 9.17) is 33.7 Å². The van der Waals surface area contributed by atoms with Crippen molar-refractivity contribution in [1.29, 1.82) is 0 Å². The summed E-state index contributed by atoms with van der Waals surface area (Å²) in [5.41, 5.74) is 10.4. The normalized spacial score (nSPS) is 11.6. The summed E-state index contributed by atoms with van der Waals surface area (Å²) in [6.45, 7) is 0.928. The molecule has 0 aliphatic rings. The fourth-order valence-electron chi connectivity index (χ4n) is 5.31. The number of methoxy groups -OCH3 is 1. The van der Waals surface area contributed by atoms with Crippen molar-refractivity contribution in [2.24, 2.45) is 5.73 Å². The molecule has 0 saturated carbocycles. The number of benzene rings is 4. The molecule has 4 aromatic carbocycles. The van der Waals surface area contributed by atoms with Crippen LogP contribution in [0.5, 0.6) is 5.75 Å². The smallest absolute Gasteiger partial charge is 0.251 e. The lowest BCUT2D eigenvalue weighted by atomic mass is 10.0. The number of rotatable bonds is 13. The van der Waals surface area contributed by atoms with Gasteiger partial charge >= 0.3 is 0 Å². The first kappa shape index (κ1) is 32.6. The number of hydrogen-bond acceptors (Lipinski definition) is 4. The lowest BCUT2D eigenvalue weighted by Crippen LogP contribution is -2.48. The van der Waals surface area contributed by atoms with E-state index >= 15 is 0 Å². The third-order valence-electron chi connectivity index (χ3n) is 7.70. The van der Waals surface area contributed by atoms with Crippen molar-refractivity contribution < 1.29 is 19.1 Å². The molecular formula is C36H34Cl2N4O4. The first-order chi connectivity index (χ1) is 22.2. The van der Waals surface area contributed by atoms with Gasteiger partial charge in [-0.2, -0.15) is 0 Å². The Hall–Kier alpha value is -4.79. The van der Waals surface area contributed by atoms with Gasteiger partial charge in [-0.05, 0) is 83.3 Å². The Morgan fingerprint density at radius 3 is 2.11 bits per heavy atom. The quantitative estimate of drug-likeness (QED) is 0.150. The summed E-state index contributed by atoms with van der Waals surface area (Å²) in [7, 11) is 1.59. The molecule has 1 atom stereocenters. The van der Waals surface area contributed by atoms with E-state index < -0.39 is 17.9 Å². The second kappa shape index (κ2) is 15.0. The molecule has 4 N–H and O–H groups in total. The standard InChI is InChI=1S/C36H34Cl2N4O4/c1-46-30-13-6-24(7-14-30)18-32(36(45)40-17-16-23-2-9-28(37)10-3-23)41-35(44)26-8-15-33-31(19-26)27(20-34(39)43)22-42(33)21-25-4-11-29(38)12-5-25/h2-15,19,22,32H,16-18,20-21H2,1H3,(H2,39,43)(H,40,45)(H,41,44)/t32-/m0/s1. The van der Waals surface area contributed by atoms with Gasteiger partial charge in [0.25, 0.3) is 5.91 Å². The van der Waals surface area contributed by atoms with Gasteiger partial charge in [0, 0.05) is 52.2 Å². The number of halogens is 2. The highest BCUT2D eigenvalue weighted by Crippen LogP contribution is 2.25. The summed E-state index contributed by atoms with van der Waals surface area (Å²) in [6, 6.07) is 26.8. The summed E-state index contributed by atoms with van der Waals surface area (Å²) in [4.78, 5) is 39.0. The topological polar surface area (TPSA) is 115 Å². The molecule has 5 rings (SSSR count). The van der Waals surface area contributed by atoms with Crippen LogP contribution in [0, 0.1) is 0 Å². The van der Waals surface area contributed by atoms with Crippen LogP contribution in [0.25, 0.3) is 10.9 Å². The first-order valence-corrected chi connectivity index (χ1v) is 15.5. The van der Waals surface area contributed by atoms with Gasteiger partial charge in [-0.15, -0.1) is 0 Å². The van der Waals surface area contributed by atoms with Gasteiger partial charge < -0.3 is 25.7 Å². The highest BCUT2D eigenvalue weighted by Gasteiger charge is 2.23. The van der Waals surface area contributed by atoms with Crippen LogP contribution in [0.15, 0.2) is 97.2 Å². The minimum absolute atomic E-state index is 0.0192. The molecule has 0 fully saturated rings. The van der Waals surface area contributed by atoms with Gasteiger partial charge in [0.15, 0.2) is 0 Å². The van der Waals surface area contributed by atoms with Gasteiger partial charge in [0.05, 0.1) is 13.5 Å². The van der Waals surface area contributed by atoms with E-state index in [1.54, 1.807) is 19.2 Å². The highest BCUT2D eigenvalue weighted by atomic mass is 35.5. The van der Waals surface area contributed by atoms with E-state index in [0.717, 1.165) is 27.6 Å². The van der Waals surface area contributed by atoms with E-state index in [0.29, 0.717) is 46.4 Å². The van der Waals surface area contributed by atoms with E-state index in [1.165, 1.54) is 0 Å². The summed E-state index contributed by atoms with van der Waals surface area (Å²) in [6.07, 6.45) is 2.78. The third-order valence-corrected chi connectivity index (χ3v) is 8.21. The highest BCUT2D eigenvalue weighted by molar-refractivity contribution is 6.30. The van der Waals surface area contributed by atoms with Gasteiger partial charge in [-0.1, -0.05) is 59.6 Å². The van der Waals surface area contributed by atoms with Crippen LogP contribution in [-0.4, -0.2) is 42.0 Å². The number of aromatic nitrogens is 1. The van der Waals surface area contributed by atoms with Crippen LogP contribution in [0.1, 0.15) is 32.6 Å². The molecule has 10 heteroatoms. The zero-order chi connectivity index (χ0) is 32.6. The largest absolute Gasteiger partial charge is 0.497 e. The van der Waals surface area contributed by atoms with Crippen molar-refractivity contribution in [3.05, 3.63) is 135 Å². The van der Waals surface area contributed by atoms with Crippen molar-refractivity contribution in [3.63, 3.8) is 0 Å². The molecule has 0 saturated heterocycles. The molecule has 5 aromatic rings. The predicted octanol–water partition coefficient (Wildman–Crippen LogP) is 5.73. The van der Waals surface area contributed by atoms with Crippen LogP contribution in [0.2, 0.25) is 10.0 Å². The fraction of sp³-hybridized carbons (Fsp3) is 0.194. The average molecular weight is 658 g/mol. The van der Waals surface area contributed by atoms with Gasteiger partial charge in [-0.3, -0.25) is 14.4 Å². The Morgan fingerprint density at radius 1 is 0.848 bits per heavy atom. The zero-order valence-electron chi connectivity index (χ0n) is 25.3. The fourth-order valence-corrected chi connectivity index (χ4v) is 5.56. The maximum Gasteiger partial charge on any atom is 0.251 e. The number of carbonyl (C=O) groups is 3. The lowest BCUT2D eigenvalue weighted by Gasteiger charge is -2.19. The summed E-state index contributed by atoms with van der Waals surface area (Å²) >= 11 is 12.0. The van der Waals surface area contributed by atoms with Gasteiger partial charge in [0.2, 0.25) is 11.8 Å². The number of primary amides is 1. The minimum Gasteiger partial charge on any atom is -0.497 e. The van der Waals surface area contributed by atoms with Crippen molar-refractivity contribution in [1.82, 2.24) is 15.2 Å². The van der Waals surface area contributed by atoms with Crippen molar-refractivity contribution in [2.75, 3.05) is 13.7 Å².